The van der Waals surface area contributed by atoms with E-state index in [4.69, 9.17) is 4.74 Å². The average molecular weight is 255 g/mol. The van der Waals surface area contributed by atoms with E-state index in [0.717, 1.165) is 6.42 Å². The van der Waals surface area contributed by atoms with Crippen molar-refractivity contribution in [1.82, 2.24) is 4.90 Å². The third-order valence-electron chi connectivity index (χ3n) is 3.79. The molecule has 1 aliphatic carbocycles. The Balaban J connectivity index is 2.08. The monoisotopic (exact) mass is 255 g/mol. The van der Waals surface area contributed by atoms with Crippen LogP contribution in [0.3, 0.4) is 0 Å². The average Bonchev–Trinajstić information content (AvgIpc) is 2.53. The van der Waals surface area contributed by atoms with Crippen LogP contribution in [0.2, 0.25) is 0 Å². The standard InChI is InChI=1S/C13H21NO4/c1-12(2,3)18-11(17)14-7-9-4-5-13(6-9,8-14)10(15)16/h9H,4-8H2,1-3H3,(H,15,16). The summed E-state index contributed by atoms with van der Waals surface area (Å²) in [6, 6.07) is 0. The number of nitrogens with zero attached hydrogens (tertiary/aromatic N) is 1. The quantitative estimate of drug-likeness (QED) is 0.779. The van der Waals surface area contributed by atoms with E-state index in [1.165, 1.54) is 0 Å². The topological polar surface area (TPSA) is 66.8 Å². The normalized spacial score (nSPS) is 31.3. The highest BCUT2D eigenvalue weighted by Crippen LogP contribution is 2.46. The van der Waals surface area contributed by atoms with E-state index >= 15 is 0 Å². The number of hydrogen-bond acceptors (Lipinski definition) is 3. The second kappa shape index (κ2) is 4.14. The van der Waals surface area contributed by atoms with Crippen LogP contribution in [0.25, 0.3) is 0 Å². The van der Waals surface area contributed by atoms with E-state index in [9.17, 15) is 14.7 Å². The van der Waals surface area contributed by atoms with Crippen LogP contribution in [0.4, 0.5) is 4.79 Å². The van der Waals surface area contributed by atoms with Gasteiger partial charge in [-0.3, -0.25) is 4.79 Å². The summed E-state index contributed by atoms with van der Waals surface area (Å²) in [6.45, 7) is 6.36. The summed E-state index contributed by atoms with van der Waals surface area (Å²) in [6.07, 6.45) is 1.87. The van der Waals surface area contributed by atoms with Crippen LogP contribution < -0.4 is 0 Å². The van der Waals surface area contributed by atoms with Gasteiger partial charge in [0.1, 0.15) is 5.60 Å². The highest BCUT2D eigenvalue weighted by molar-refractivity contribution is 5.77. The van der Waals surface area contributed by atoms with Crippen LogP contribution in [0.15, 0.2) is 0 Å². The summed E-state index contributed by atoms with van der Waals surface area (Å²) < 4.78 is 5.32. The van der Waals surface area contributed by atoms with Crippen molar-refractivity contribution in [1.29, 1.82) is 0 Å². The first-order chi connectivity index (χ1) is 8.22. The minimum absolute atomic E-state index is 0.285. The fourth-order valence-corrected chi connectivity index (χ4v) is 3.01. The van der Waals surface area contributed by atoms with Crippen LogP contribution in [-0.4, -0.2) is 40.8 Å². The summed E-state index contributed by atoms with van der Waals surface area (Å²) in [4.78, 5) is 25.0. The Bertz CT molecular complexity index is 374. The van der Waals surface area contributed by atoms with Gasteiger partial charge in [0, 0.05) is 13.1 Å². The number of amides is 1. The summed E-state index contributed by atoms with van der Waals surface area (Å²) in [7, 11) is 0. The molecular formula is C13H21NO4. The fraction of sp³-hybridized carbons (Fsp3) is 0.846. The summed E-state index contributed by atoms with van der Waals surface area (Å²) in [5.41, 5.74) is -1.27. The van der Waals surface area contributed by atoms with Crippen LogP contribution in [-0.2, 0) is 9.53 Å². The molecule has 2 bridgehead atoms. The minimum Gasteiger partial charge on any atom is -0.481 e. The van der Waals surface area contributed by atoms with Gasteiger partial charge >= 0.3 is 12.1 Å². The minimum atomic E-state index is -0.779. The third-order valence-corrected chi connectivity index (χ3v) is 3.79. The molecule has 1 heterocycles. The largest absolute Gasteiger partial charge is 0.481 e. The van der Waals surface area contributed by atoms with Gasteiger partial charge < -0.3 is 14.7 Å². The summed E-state index contributed by atoms with van der Waals surface area (Å²) in [5, 5.41) is 9.37. The molecule has 18 heavy (non-hydrogen) atoms. The molecule has 2 fully saturated rings. The third kappa shape index (κ3) is 2.44. The zero-order chi connectivity index (χ0) is 13.6. The van der Waals surface area contributed by atoms with Crippen molar-refractivity contribution in [2.45, 2.75) is 45.6 Å². The van der Waals surface area contributed by atoms with E-state index < -0.39 is 17.0 Å². The molecule has 2 atom stereocenters. The summed E-state index contributed by atoms with van der Waals surface area (Å²) in [5.74, 6) is -0.472. The number of hydrogen-bond donors (Lipinski definition) is 1. The van der Waals surface area contributed by atoms with Crippen molar-refractivity contribution in [2.75, 3.05) is 13.1 Å². The highest BCUT2D eigenvalue weighted by atomic mass is 16.6. The number of rotatable bonds is 1. The molecule has 0 radical (unpaired) electrons. The molecule has 5 heteroatoms. The molecular weight excluding hydrogens is 234 g/mol. The molecule has 0 aromatic heterocycles. The number of piperidine rings is 1. The van der Waals surface area contributed by atoms with E-state index in [0.29, 0.717) is 25.3 Å². The van der Waals surface area contributed by atoms with Gasteiger partial charge in [-0.2, -0.15) is 0 Å². The SMILES string of the molecule is CC(C)(C)OC(=O)N1CC2CCC(C(=O)O)(C2)C1. The van der Waals surface area contributed by atoms with Crippen molar-refractivity contribution in [3.8, 4) is 0 Å². The number of ether oxygens (including phenoxy) is 1. The molecule has 5 nitrogen and oxygen atoms in total. The van der Waals surface area contributed by atoms with Crippen molar-refractivity contribution in [3.05, 3.63) is 0 Å². The first-order valence-corrected chi connectivity index (χ1v) is 6.43. The molecule has 0 aromatic rings. The van der Waals surface area contributed by atoms with Gasteiger partial charge in [-0.15, -0.1) is 0 Å². The number of carbonyl (C=O) groups excluding carboxylic acids is 1. The lowest BCUT2D eigenvalue weighted by molar-refractivity contribution is -0.151. The van der Waals surface area contributed by atoms with Crippen LogP contribution >= 0.6 is 0 Å². The Kier molecular flexibility index (Phi) is 3.03. The Morgan fingerprint density at radius 1 is 1.39 bits per heavy atom. The Morgan fingerprint density at radius 3 is 2.61 bits per heavy atom. The van der Waals surface area contributed by atoms with E-state index in [2.05, 4.69) is 0 Å². The lowest BCUT2D eigenvalue weighted by Gasteiger charge is -2.38. The van der Waals surface area contributed by atoms with Gasteiger partial charge in [0.15, 0.2) is 0 Å². The van der Waals surface area contributed by atoms with Gasteiger partial charge in [-0.1, -0.05) is 0 Å². The highest BCUT2D eigenvalue weighted by Gasteiger charge is 2.51. The lowest BCUT2D eigenvalue weighted by atomic mass is 9.82. The lowest BCUT2D eigenvalue weighted by Crippen LogP contribution is -2.50. The van der Waals surface area contributed by atoms with Crippen molar-refractivity contribution >= 4 is 12.1 Å². The second-order valence-corrected chi connectivity index (χ2v) is 6.56. The molecule has 0 spiro atoms. The number of aliphatic carboxylic acids is 1. The summed E-state index contributed by atoms with van der Waals surface area (Å²) >= 11 is 0. The number of carboxylic acid groups (broad SMARTS) is 1. The Hall–Kier alpha value is -1.26. The zero-order valence-electron chi connectivity index (χ0n) is 11.2. The van der Waals surface area contributed by atoms with E-state index in [1.54, 1.807) is 4.90 Å². The second-order valence-electron chi connectivity index (χ2n) is 6.56. The maximum Gasteiger partial charge on any atom is 0.410 e. The first-order valence-electron chi connectivity index (χ1n) is 6.43. The van der Waals surface area contributed by atoms with Crippen LogP contribution in [0.5, 0.6) is 0 Å². The Morgan fingerprint density at radius 2 is 2.06 bits per heavy atom. The predicted octanol–water partition coefficient (Wildman–Crippen LogP) is 2.11. The molecule has 102 valence electrons. The van der Waals surface area contributed by atoms with Crippen molar-refractivity contribution in [2.24, 2.45) is 11.3 Å². The predicted molar refractivity (Wildman–Crippen MR) is 65.2 cm³/mol. The van der Waals surface area contributed by atoms with E-state index in [-0.39, 0.29) is 12.6 Å². The maximum absolute atomic E-state index is 12.0. The number of carboxylic acids is 1. The molecule has 2 aliphatic rings. The molecule has 0 aromatic carbocycles. The van der Waals surface area contributed by atoms with Gasteiger partial charge in [0.25, 0.3) is 0 Å². The number of fused-ring (bicyclic) bond motifs is 2. The molecule has 2 rings (SSSR count). The molecule has 1 N–H and O–H groups in total. The van der Waals surface area contributed by atoms with Crippen molar-refractivity contribution < 1.29 is 19.4 Å². The molecule has 1 saturated carbocycles. The number of carbonyl (C=O) groups is 2. The molecule has 1 aliphatic heterocycles. The van der Waals surface area contributed by atoms with Gasteiger partial charge in [0.2, 0.25) is 0 Å². The maximum atomic E-state index is 12.0. The molecule has 1 saturated heterocycles. The Labute approximate surface area is 107 Å². The van der Waals surface area contributed by atoms with E-state index in [1.807, 2.05) is 20.8 Å². The zero-order valence-corrected chi connectivity index (χ0v) is 11.2. The first kappa shape index (κ1) is 13.2. The van der Waals surface area contributed by atoms with Crippen LogP contribution in [0, 0.1) is 11.3 Å². The van der Waals surface area contributed by atoms with Crippen molar-refractivity contribution in [3.63, 3.8) is 0 Å². The van der Waals surface area contributed by atoms with Gasteiger partial charge in [0.05, 0.1) is 5.41 Å². The fourth-order valence-electron chi connectivity index (χ4n) is 3.01. The smallest absolute Gasteiger partial charge is 0.410 e. The number of likely N-dealkylation sites (tertiary alicyclic amines) is 1. The molecule has 1 amide bonds. The van der Waals surface area contributed by atoms with Crippen LogP contribution in [0.1, 0.15) is 40.0 Å². The van der Waals surface area contributed by atoms with Gasteiger partial charge in [-0.05, 0) is 46.0 Å². The molecule has 2 unspecified atom stereocenters. The van der Waals surface area contributed by atoms with Gasteiger partial charge in [-0.25, -0.2) is 4.79 Å².